The molecule has 0 atom stereocenters. The number of furan rings is 1. The van der Waals surface area contributed by atoms with Gasteiger partial charge in [-0.2, -0.15) is 0 Å². The third kappa shape index (κ3) is 4.09. The lowest BCUT2D eigenvalue weighted by Crippen LogP contribution is -2.21. The Morgan fingerprint density at radius 2 is 2.23 bits per heavy atom. The molecule has 0 aliphatic heterocycles. The Bertz CT molecular complexity index is 736. The number of hydrogen-bond donors (Lipinski definition) is 1. The summed E-state index contributed by atoms with van der Waals surface area (Å²) in [5, 5.41) is 11.7. The standard InChI is InChI=1S/C12H16N4O3S3/c1-4-7-13-11-14-15-12(21-11)20-8-9-5-6-10(19-9)22(17,18)16(2)3/h4-6H,1,7-8H2,2-3H3,(H,13,14). The van der Waals surface area contributed by atoms with E-state index < -0.39 is 10.0 Å². The maximum Gasteiger partial charge on any atom is 0.275 e. The summed E-state index contributed by atoms with van der Waals surface area (Å²) < 4.78 is 31.1. The molecular formula is C12H16N4O3S3. The SMILES string of the molecule is C=CCNc1nnc(SCc2ccc(S(=O)(=O)N(C)C)o2)s1. The summed E-state index contributed by atoms with van der Waals surface area (Å²) in [5.41, 5.74) is 0. The fourth-order valence-corrected chi connectivity index (χ4v) is 3.85. The van der Waals surface area contributed by atoms with E-state index in [2.05, 4.69) is 22.1 Å². The van der Waals surface area contributed by atoms with Crippen LogP contribution in [0, 0.1) is 0 Å². The van der Waals surface area contributed by atoms with Crippen molar-refractivity contribution in [2.75, 3.05) is 26.0 Å². The van der Waals surface area contributed by atoms with E-state index in [0.29, 0.717) is 18.1 Å². The van der Waals surface area contributed by atoms with Gasteiger partial charge in [0.25, 0.3) is 10.0 Å². The van der Waals surface area contributed by atoms with Crippen LogP contribution in [0.5, 0.6) is 0 Å². The van der Waals surface area contributed by atoms with Gasteiger partial charge in [-0.15, -0.1) is 16.8 Å². The first kappa shape index (κ1) is 17.0. The van der Waals surface area contributed by atoms with Gasteiger partial charge in [-0.3, -0.25) is 0 Å². The first-order chi connectivity index (χ1) is 10.4. The highest BCUT2D eigenvalue weighted by atomic mass is 32.2. The molecule has 0 fully saturated rings. The maximum atomic E-state index is 11.9. The van der Waals surface area contributed by atoms with Gasteiger partial charge in [-0.1, -0.05) is 29.2 Å². The Kier molecular flexibility index (Phi) is 5.62. The van der Waals surface area contributed by atoms with Crippen molar-refractivity contribution in [3.63, 3.8) is 0 Å². The first-order valence-electron chi connectivity index (χ1n) is 6.26. The molecular weight excluding hydrogens is 344 g/mol. The van der Waals surface area contributed by atoms with E-state index >= 15 is 0 Å². The van der Waals surface area contributed by atoms with Crippen LogP contribution < -0.4 is 5.32 Å². The highest BCUT2D eigenvalue weighted by molar-refractivity contribution is 8.00. The highest BCUT2D eigenvalue weighted by Gasteiger charge is 2.21. The van der Waals surface area contributed by atoms with Crippen molar-refractivity contribution in [1.82, 2.24) is 14.5 Å². The van der Waals surface area contributed by atoms with E-state index in [0.717, 1.165) is 13.8 Å². The molecule has 0 bridgehead atoms. The van der Waals surface area contributed by atoms with E-state index in [1.165, 1.54) is 43.3 Å². The second kappa shape index (κ2) is 7.27. The summed E-state index contributed by atoms with van der Waals surface area (Å²) in [6.45, 7) is 4.25. The minimum Gasteiger partial charge on any atom is -0.447 e. The second-order valence-electron chi connectivity index (χ2n) is 4.34. The molecule has 10 heteroatoms. The highest BCUT2D eigenvalue weighted by Crippen LogP contribution is 2.29. The number of sulfonamides is 1. The summed E-state index contributed by atoms with van der Waals surface area (Å²) in [6.07, 6.45) is 1.74. The van der Waals surface area contributed by atoms with E-state index in [9.17, 15) is 8.42 Å². The zero-order valence-electron chi connectivity index (χ0n) is 12.1. The zero-order valence-corrected chi connectivity index (χ0v) is 14.6. The number of hydrogen-bond acceptors (Lipinski definition) is 8. The Hall–Kier alpha value is -1.36. The van der Waals surface area contributed by atoms with Crippen molar-refractivity contribution in [3.05, 3.63) is 30.5 Å². The van der Waals surface area contributed by atoms with Crippen LogP contribution in [0.4, 0.5) is 5.13 Å². The largest absolute Gasteiger partial charge is 0.447 e. The monoisotopic (exact) mass is 360 g/mol. The molecule has 2 aromatic rings. The van der Waals surface area contributed by atoms with Crippen LogP contribution in [0.2, 0.25) is 0 Å². The third-order valence-electron chi connectivity index (χ3n) is 2.51. The minimum atomic E-state index is -3.53. The Labute approximate surface area is 137 Å². The molecule has 0 aliphatic carbocycles. The van der Waals surface area contributed by atoms with Crippen LogP contribution >= 0.6 is 23.1 Å². The van der Waals surface area contributed by atoms with Gasteiger partial charge in [-0.25, -0.2) is 12.7 Å². The molecule has 0 spiro atoms. The maximum absolute atomic E-state index is 11.9. The molecule has 0 aliphatic rings. The van der Waals surface area contributed by atoms with Gasteiger partial charge < -0.3 is 9.73 Å². The predicted molar refractivity (Wildman–Crippen MR) is 87.7 cm³/mol. The average Bonchev–Trinajstić information content (AvgIpc) is 3.12. The molecule has 0 amide bonds. The summed E-state index contributed by atoms with van der Waals surface area (Å²) in [7, 11) is -0.605. The zero-order chi connectivity index (χ0) is 16.2. The van der Waals surface area contributed by atoms with Gasteiger partial charge in [0.2, 0.25) is 10.2 Å². The molecule has 0 aromatic carbocycles. The first-order valence-corrected chi connectivity index (χ1v) is 9.50. The summed E-state index contributed by atoms with van der Waals surface area (Å²) >= 11 is 2.86. The van der Waals surface area contributed by atoms with Crippen molar-refractivity contribution in [1.29, 1.82) is 0 Å². The van der Waals surface area contributed by atoms with Gasteiger partial charge in [0.05, 0.1) is 5.75 Å². The lowest BCUT2D eigenvalue weighted by molar-refractivity contribution is 0.408. The molecule has 2 rings (SSSR count). The molecule has 0 unspecified atom stereocenters. The lowest BCUT2D eigenvalue weighted by Gasteiger charge is -2.07. The molecule has 120 valence electrons. The second-order valence-corrected chi connectivity index (χ2v) is 8.62. The molecule has 1 N–H and O–H groups in total. The van der Waals surface area contributed by atoms with Gasteiger partial charge in [0.1, 0.15) is 5.76 Å². The number of anilines is 1. The number of aromatic nitrogens is 2. The normalized spacial score (nSPS) is 11.8. The molecule has 22 heavy (non-hydrogen) atoms. The minimum absolute atomic E-state index is 0.0568. The fraction of sp³-hybridized carbons (Fsp3) is 0.333. The van der Waals surface area contributed by atoms with Crippen LogP contribution in [0.3, 0.4) is 0 Å². The molecule has 0 saturated carbocycles. The van der Waals surface area contributed by atoms with Gasteiger partial charge in [0.15, 0.2) is 4.34 Å². The van der Waals surface area contributed by atoms with Crippen molar-refractivity contribution < 1.29 is 12.8 Å². The van der Waals surface area contributed by atoms with Crippen LogP contribution in [-0.4, -0.2) is 43.6 Å². The van der Waals surface area contributed by atoms with Crippen molar-refractivity contribution in [2.24, 2.45) is 0 Å². The van der Waals surface area contributed by atoms with Crippen molar-refractivity contribution >= 4 is 38.3 Å². The molecule has 7 nitrogen and oxygen atoms in total. The van der Waals surface area contributed by atoms with Gasteiger partial charge >= 0.3 is 0 Å². The van der Waals surface area contributed by atoms with Crippen LogP contribution in [0.15, 0.2) is 38.6 Å². The Morgan fingerprint density at radius 1 is 1.45 bits per heavy atom. The Morgan fingerprint density at radius 3 is 2.91 bits per heavy atom. The van der Waals surface area contributed by atoms with Gasteiger partial charge in [0, 0.05) is 20.6 Å². The van der Waals surface area contributed by atoms with Crippen LogP contribution in [-0.2, 0) is 15.8 Å². The topological polar surface area (TPSA) is 88.3 Å². The summed E-state index contributed by atoms with van der Waals surface area (Å²) in [6, 6.07) is 3.11. The smallest absolute Gasteiger partial charge is 0.275 e. The predicted octanol–water partition coefficient (Wildman–Crippen LogP) is 2.27. The summed E-state index contributed by atoms with van der Waals surface area (Å²) in [4.78, 5) is 0. The number of nitrogens with zero attached hydrogens (tertiary/aromatic N) is 3. The van der Waals surface area contributed by atoms with E-state index in [4.69, 9.17) is 4.42 Å². The lowest BCUT2D eigenvalue weighted by atomic mass is 10.5. The third-order valence-corrected chi connectivity index (χ3v) is 6.24. The number of nitrogens with one attached hydrogen (secondary N) is 1. The average molecular weight is 360 g/mol. The van der Waals surface area contributed by atoms with E-state index in [1.807, 2.05) is 0 Å². The quantitative estimate of drug-likeness (QED) is 0.570. The summed E-state index contributed by atoms with van der Waals surface area (Å²) in [5.74, 6) is 1.06. The molecule has 2 aromatic heterocycles. The number of thioether (sulfide) groups is 1. The van der Waals surface area contributed by atoms with Crippen LogP contribution in [0.25, 0.3) is 0 Å². The molecule has 0 saturated heterocycles. The van der Waals surface area contributed by atoms with Crippen molar-refractivity contribution in [3.8, 4) is 0 Å². The number of rotatable bonds is 8. The van der Waals surface area contributed by atoms with Gasteiger partial charge in [-0.05, 0) is 12.1 Å². The Balaban J connectivity index is 1.96. The van der Waals surface area contributed by atoms with Crippen molar-refractivity contribution in [2.45, 2.75) is 15.2 Å². The van der Waals surface area contributed by atoms with E-state index in [-0.39, 0.29) is 5.09 Å². The fourth-order valence-electron chi connectivity index (χ4n) is 1.39. The van der Waals surface area contributed by atoms with Crippen LogP contribution in [0.1, 0.15) is 5.76 Å². The van der Waals surface area contributed by atoms with E-state index in [1.54, 1.807) is 12.1 Å². The molecule has 2 heterocycles. The molecule has 0 radical (unpaired) electrons.